The van der Waals surface area contributed by atoms with Crippen LogP contribution in [-0.4, -0.2) is 21.0 Å². The van der Waals surface area contributed by atoms with E-state index in [0.717, 1.165) is 16.7 Å². The first-order valence-corrected chi connectivity index (χ1v) is 6.78. The van der Waals surface area contributed by atoms with Gasteiger partial charge in [-0.1, -0.05) is 54.6 Å². The fourth-order valence-electron chi connectivity index (χ4n) is 2.07. The zero-order valence-electron chi connectivity index (χ0n) is 11.7. The van der Waals surface area contributed by atoms with Crippen molar-refractivity contribution in [3.63, 3.8) is 0 Å². The van der Waals surface area contributed by atoms with Gasteiger partial charge in [0.15, 0.2) is 0 Å². The van der Waals surface area contributed by atoms with Crippen molar-refractivity contribution in [2.45, 2.75) is 6.61 Å². The van der Waals surface area contributed by atoms with Crippen LogP contribution in [0, 0.1) is 0 Å². The number of hydrogen-bond acceptors (Lipinski definition) is 3. The summed E-state index contributed by atoms with van der Waals surface area (Å²) < 4.78 is 5.49. The third-order valence-corrected chi connectivity index (χ3v) is 3.21. The summed E-state index contributed by atoms with van der Waals surface area (Å²) in [5, 5.41) is 8.77. The molecular formula is C17H14N2O3. The second kappa shape index (κ2) is 6.13. The maximum absolute atomic E-state index is 10.7. The van der Waals surface area contributed by atoms with Crippen LogP contribution in [0.5, 0.6) is 5.88 Å². The number of nitrogens with zero attached hydrogens (tertiary/aromatic N) is 1. The molecule has 5 nitrogen and oxygen atoms in total. The summed E-state index contributed by atoms with van der Waals surface area (Å²) in [6.07, 6.45) is 1.36. The molecule has 3 aromatic rings. The zero-order chi connectivity index (χ0) is 15.4. The summed E-state index contributed by atoms with van der Waals surface area (Å²) in [4.78, 5) is 17.0. The monoisotopic (exact) mass is 294 g/mol. The first-order chi connectivity index (χ1) is 10.7. The van der Waals surface area contributed by atoms with Crippen molar-refractivity contribution in [2.24, 2.45) is 0 Å². The van der Waals surface area contributed by atoms with Crippen LogP contribution < -0.4 is 4.74 Å². The van der Waals surface area contributed by atoms with Gasteiger partial charge in [0.05, 0.1) is 6.20 Å². The summed E-state index contributed by atoms with van der Waals surface area (Å²) >= 11 is 0. The van der Waals surface area contributed by atoms with E-state index in [0.29, 0.717) is 12.5 Å². The summed E-state index contributed by atoms with van der Waals surface area (Å²) in [7, 11) is 0. The van der Waals surface area contributed by atoms with Crippen LogP contribution in [0.3, 0.4) is 0 Å². The molecule has 2 N–H and O–H groups in total. The topological polar surface area (TPSA) is 75.2 Å². The van der Waals surface area contributed by atoms with E-state index < -0.39 is 5.97 Å². The Labute approximate surface area is 127 Å². The molecule has 0 aliphatic rings. The molecule has 0 atom stereocenters. The Morgan fingerprint density at radius 1 is 1.05 bits per heavy atom. The highest BCUT2D eigenvalue weighted by molar-refractivity contribution is 5.83. The number of ether oxygens (including phenoxy) is 1. The van der Waals surface area contributed by atoms with E-state index in [1.807, 2.05) is 42.5 Å². The third kappa shape index (κ3) is 3.15. The quantitative estimate of drug-likeness (QED) is 0.756. The number of aromatic amines is 1. The number of H-pyrrole nitrogens is 1. The highest BCUT2D eigenvalue weighted by Crippen LogP contribution is 2.19. The average molecular weight is 294 g/mol. The van der Waals surface area contributed by atoms with Gasteiger partial charge in [-0.15, -0.1) is 0 Å². The second-order valence-corrected chi connectivity index (χ2v) is 4.75. The molecule has 0 spiro atoms. The van der Waals surface area contributed by atoms with Crippen LogP contribution in [0.25, 0.3) is 11.1 Å². The Balaban J connectivity index is 1.65. The van der Waals surface area contributed by atoms with Gasteiger partial charge in [0.2, 0.25) is 11.7 Å². The van der Waals surface area contributed by atoms with Gasteiger partial charge in [-0.3, -0.25) is 0 Å². The lowest BCUT2D eigenvalue weighted by atomic mass is 10.0. The van der Waals surface area contributed by atoms with Gasteiger partial charge in [0, 0.05) is 0 Å². The Hall–Kier alpha value is -3.08. The molecule has 0 aliphatic carbocycles. The van der Waals surface area contributed by atoms with Gasteiger partial charge in [-0.2, -0.15) is 0 Å². The summed E-state index contributed by atoms with van der Waals surface area (Å²) in [6, 6.07) is 18.1. The van der Waals surface area contributed by atoms with Crippen molar-refractivity contribution in [2.75, 3.05) is 0 Å². The molecule has 0 radical (unpaired) electrons. The maximum Gasteiger partial charge on any atom is 0.372 e. The van der Waals surface area contributed by atoms with Crippen LogP contribution in [0.2, 0.25) is 0 Å². The summed E-state index contributed by atoms with van der Waals surface area (Å²) in [5.41, 5.74) is 3.29. The van der Waals surface area contributed by atoms with Crippen molar-refractivity contribution < 1.29 is 14.6 Å². The normalized spacial score (nSPS) is 10.4. The van der Waals surface area contributed by atoms with Gasteiger partial charge in [-0.25, -0.2) is 9.78 Å². The molecule has 1 aromatic heterocycles. The fourth-order valence-corrected chi connectivity index (χ4v) is 2.07. The number of rotatable bonds is 5. The highest BCUT2D eigenvalue weighted by Gasteiger charge is 2.08. The van der Waals surface area contributed by atoms with Crippen LogP contribution in [-0.2, 0) is 6.61 Å². The number of imidazole rings is 1. The molecule has 0 bridgehead atoms. The molecule has 0 saturated carbocycles. The Kier molecular flexibility index (Phi) is 3.87. The number of hydrogen-bond donors (Lipinski definition) is 2. The van der Waals surface area contributed by atoms with E-state index in [4.69, 9.17) is 9.84 Å². The molecule has 0 saturated heterocycles. The number of carboxylic acids is 1. The molecule has 0 aliphatic heterocycles. The highest BCUT2D eigenvalue weighted by atomic mass is 16.5. The third-order valence-electron chi connectivity index (χ3n) is 3.21. The van der Waals surface area contributed by atoms with Gasteiger partial charge in [0.1, 0.15) is 6.61 Å². The van der Waals surface area contributed by atoms with E-state index >= 15 is 0 Å². The van der Waals surface area contributed by atoms with Crippen LogP contribution in [0.15, 0.2) is 60.8 Å². The smallest absolute Gasteiger partial charge is 0.372 e. The predicted molar refractivity (Wildman–Crippen MR) is 81.8 cm³/mol. The minimum atomic E-state index is -1.11. The van der Waals surface area contributed by atoms with Crippen LogP contribution in [0.1, 0.15) is 16.2 Å². The number of carbonyl (C=O) groups is 1. The molecule has 0 fully saturated rings. The van der Waals surface area contributed by atoms with E-state index in [1.165, 1.54) is 6.20 Å². The van der Waals surface area contributed by atoms with Gasteiger partial charge in [-0.05, 0) is 16.7 Å². The first kappa shape index (κ1) is 13.9. The van der Waals surface area contributed by atoms with Gasteiger partial charge < -0.3 is 14.8 Å². The van der Waals surface area contributed by atoms with E-state index in [-0.39, 0.29) is 5.82 Å². The number of aromatic carboxylic acids is 1. The van der Waals surface area contributed by atoms with Crippen LogP contribution in [0.4, 0.5) is 0 Å². The minimum Gasteiger partial charge on any atom is -0.475 e. The van der Waals surface area contributed by atoms with Crippen molar-refractivity contribution in [1.82, 2.24) is 9.97 Å². The predicted octanol–water partition coefficient (Wildman–Crippen LogP) is 3.35. The number of carboxylic acid groups (broad SMARTS) is 1. The summed E-state index contributed by atoms with van der Waals surface area (Å²) in [6.45, 7) is 0.344. The number of nitrogens with one attached hydrogen (secondary N) is 1. The molecule has 22 heavy (non-hydrogen) atoms. The standard InChI is InChI=1S/C17H14N2O3/c20-17(21)16-18-10-15(19-16)22-11-12-6-8-14(9-7-12)13-4-2-1-3-5-13/h1-10H,11H2,(H,18,19)(H,20,21). The molecule has 3 rings (SSSR count). The zero-order valence-corrected chi connectivity index (χ0v) is 11.7. The SMILES string of the molecule is O=C(O)c1ncc(OCc2ccc(-c3ccccc3)cc2)[nH]1. The van der Waals surface area contributed by atoms with Crippen molar-refractivity contribution in [3.8, 4) is 17.0 Å². The molecule has 5 heteroatoms. The van der Waals surface area contributed by atoms with Crippen molar-refractivity contribution in [3.05, 3.63) is 72.2 Å². The fraction of sp³-hybridized carbons (Fsp3) is 0.0588. The molecule has 0 amide bonds. The van der Waals surface area contributed by atoms with E-state index in [1.54, 1.807) is 0 Å². The summed E-state index contributed by atoms with van der Waals surface area (Å²) in [5.74, 6) is -0.902. The Bertz CT molecular complexity index is 764. The van der Waals surface area contributed by atoms with Gasteiger partial charge in [0.25, 0.3) is 0 Å². The lowest BCUT2D eigenvalue weighted by Gasteiger charge is -2.05. The molecule has 0 unspecified atom stereocenters. The number of benzene rings is 2. The van der Waals surface area contributed by atoms with Crippen LogP contribution >= 0.6 is 0 Å². The Morgan fingerprint density at radius 2 is 1.73 bits per heavy atom. The molecular weight excluding hydrogens is 280 g/mol. The molecule has 110 valence electrons. The van der Waals surface area contributed by atoms with Crippen molar-refractivity contribution in [1.29, 1.82) is 0 Å². The first-order valence-electron chi connectivity index (χ1n) is 6.78. The largest absolute Gasteiger partial charge is 0.475 e. The van der Waals surface area contributed by atoms with Gasteiger partial charge >= 0.3 is 5.97 Å². The Morgan fingerprint density at radius 3 is 2.36 bits per heavy atom. The minimum absolute atomic E-state index is 0.130. The second-order valence-electron chi connectivity index (χ2n) is 4.75. The molecule has 2 aromatic carbocycles. The average Bonchev–Trinajstić information content (AvgIpc) is 3.04. The van der Waals surface area contributed by atoms with E-state index in [2.05, 4.69) is 22.1 Å². The lowest BCUT2D eigenvalue weighted by molar-refractivity contribution is 0.0684. The lowest BCUT2D eigenvalue weighted by Crippen LogP contribution is -1.99. The number of aromatic nitrogens is 2. The van der Waals surface area contributed by atoms with Crippen molar-refractivity contribution >= 4 is 5.97 Å². The maximum atomic E-state index is 10.7. The van der Waals surface area contributed by atoms with E-state index in [9.17, 15) is 4.79 Å². The molecule has 1 heterocycles.